The molecule has 2 aliphatic heterocycles. The van der Waals surface area contributed by atoms with Crippen molar-refractivity contribution in [1.82, 2.24) is 15.5 Å². The summed E-state index contributed by atoms with van der Waals surface area (Å²) in [6, 6.07) is -0.492. The molecule has 3 amide bonds. The fourth-order valence-corrected chi connectivity index (χ4v) is 2.96. The van der Waals surface area contributed by atoms with Gasteiger partial charge in [0, 0.05) is 19.6 Å². The van der Waals surface area contributed by atoms with E-state index in [0.29, 0.717) is 12.5 Å². The van der Waals surface area contributed by atoms with Crippen LogP contribution in [0, 0.1) is 5.92 Å². The van der Waals surface area contributed by atoms with E-state index >= 15 is 0 Å². The lowest BCUT2D eigenvalue weighted by molar-refractivity contribution is -0.135. The molecule has 0 saturated carbocycles. The van der Waals surface area contributed by atoms with Crippen LogP contribution >= 0.6 is 0 Å². The van der Waals surface area contributed by atoms with Gasteiger partial charge in [-0.15, -0.1) is 0 Å². The molecule has 2 aliphatic rings. The highest BCUT2D eigenvalue weighted by Gasteiger charge is 2.29. The molecule has 0 aliphatic carbocycles. The van der Waals surface area contributed by atoms with E-state index in [2.05, 4.69) is 10.6 Å². The Morgan fingerprint density at radius 3 is 2.79 bits per heavy atom. The molecule has 0 aromatic carbocycles. The van der Waals surface area contributed by atoms with Crippen LogP contribution in [-0.4, -0.2) is 49.1 Å². The fraction of sp³-hybridized carbons (Fsp3) is 0.846. The summed E-state index contributed by atoms with van der Waals surface area (Å²) in [5.41, 5.74) is 5.08. The highest BCUT2D eigenvalue weighted by Crippen LogP contribution is 2.18. The van der Waals surface area contributed by atoms with Crippen molar-refractivity contribution in [2.24, 2.45) is 11.7 Å². The molecule has 0 spiro atoms. The van der Waals surface area contributed by atoms with Crippen molar-refractivity contribution < 1.29 is 9.59 Å². The fourth-order valence-electron chi connectivity index (χ4n) is 2.96. The maximum Gasteiger partial charge on any atom is 0.312 e. The number of piperidine rings is 2. The zero-order chi connectivity index (χ0) is 13.7. The Morgan fingerprint density at radius 2 is 2.11 bits per heavy atom. The summed E-state index contributed by atoms with van der Waals surface area (Å²) in [5, 5.41) is 5.94. The molecule has 6 nitrogen and oxygen atoms in total. The molecule has 108 valence electrons. The molecule has 19 heavy (non-hydrogen) atoms. The molecule has 2 rings (SSSR count). The van der Waals surface area contributed by atoms with Crippen LogP contribution in [0.2, 0.25) is 0 Å². The topological polar surface area (TPSA) is 87.5 Å². The largest absolute Gasteiger partial charge is 0.352 e. The van der Waals surface area contributed by atoms with Crippen LogP contribution in [0.4, 0.5) is 4.79 Å². The molecule has 0 aromatic heterocycles. The number of carbonyl (C=O) groups is 2. The van der Waals surface area contributed by atoms with Crippen molar-refractivity contribution in [3.63, 3.8) is 0 Å². The Hall–Kier alpha value is -1.30. The Morgan fingerprint density at radius 1 is 1.26 bits per heavy atom. The van der Waals surface area contributed by atoms with Crippen molar-refractivity contribution in [2.45, 2.75) is 38.1 Å². The number of urea groups is 1. The van der Waals surface area contributed by atoms with E-state index in [1.807, 2.05) is 4.90 Å². The first-order valence-corrected chi connectivity index (χ1v) is 7.22. The highest BCUT2D eigenvalue weighted by atomic mass is 16.2. The zero-order valence-corrected chi connectivity index (χ0v) is 11.4. The van der Waals surface area contributed by atoms with Crippen LogP contribution in [-0.2, 0) is 4.79 Å². The van der Waals surface area contributed by atoms with Gasteiger partial charge in [-0.2, -0.15) is 0 Å². The Labute approximate surface area is 114 Å². The third-order valence-corrected chi connectivity index (χ3v) is 4.00. The molecule has 2 saturated heterocycles. The number of carbonyl (C=O) groups excluding carboxylic acids is 2. The number of amides is 3. The minimum Gasteiger partial charge on any atom is -0.352 e. The van der Waals surface area contributed by atoms with Crippen LogP contribution in [0.5, 0.6) is 0 Å². The van der Waals surface area contributed by atoms with Gasteiger partial charge in [0.2, 0.25) is 5.91 Å². The van der Waals surface area contributed by atoms with E-state index in [4.69, 9.17) is 5.73 Å². The van der Waals surface area contributed by atoms with Gasteiger partial charge in [0.15, 0.2) is 0 Å². The van der Waals surface area contributed by atoms with Crippen molar-refractivity contribution in [3.05, 3.63) is 0 Å². The number of hydrogen-bond acceptors (Lipinski definition) is 3. The summed E-state index contributed by atoms with van der Waals surface area (Å²) in [4.78, 5) is 25.1. The summed E-state index contributed by atoms with van der Waals surface area (Å²) in [6.07, 6.45) is 5.28. The molecule has 2 unspecified atom stereocenters. The molecular formula is C13H24N4O2. The standard InChI is InChI=1S/C13H24N4O2/c14-13(19)16-8-10-4-3-7-17(9-10)12(18)11-5-1-2-6-15-11/h10-11,15H,1-9H2,(H3,14,16,19). The molecule has 0 radical (unpaired) electrons. The lowest BCUT2D eigenvalue weighted by atomic mass is 9.96. The third kappa shape index (κ3) is 4.09. The number of hydrogen-bond donors (Lipinski definition) is 3. The van der Waals surface area contributed by atoms with Crippen molar-refractivity contribution >= 4 is 11.9 Å². The first-order chi connectivity index (χ1) is 9.16. The van der Waals surface area contributed by atoms with Gasteiger partial charge < -0.3 is 21.3 Å². The molecule has 2 heterocycles. The van der Waals surface area contributed by atoms with Gasteiger partial charge in [-0.25, -0.2) is 4.79 Å². The molecule has 0 bridgehead atoms. The summed E-state index contributed by atoms with van der Waals surface area (Å²) in [5.74, 6) is 0.553. The highest BCUT2D eigenvalue weighted by molar-refractivity contribution is 5.82. The van der Waals surface area contributed by atoms with Gasteiger partial charge in [-0.1, -0.05) is 6.42 Å². The monoisotopic (exact) mass is 268 g/mol. The van der Waals surface area contributed by atoms with Gasteiger partial charge >= 0.3 is 6.03 Å². The second-order valence-corrected chi connectivity index (χ2v) is 5.54. The number of nitrogens with zero attached hydrogens (tertiary/aromatic N) is 1. The van der Waals surface area contributed by atoms with Crippen LogP contribution < -0.4 is 16.4 Å². The molecule has 0 aromatic rings. The van der Waals surface area contributed by atoms with Crippen LogP contribution in [0.15, 0.2) is 0 Å². The van der Waals surface area contributed by atoms with Gasteiger partial charge in [0.25, 0.3) is 0 Å². The van der Waals surface area contributed by atoms with Gasteiger partial charge in [-0.05, 0) is 38.1 Å². The van der Waals surface area contributed by atoms with Crippen LogP contribution in [0.3, 0.4) is 0 Å². The lowest BCUT2D eigenvalue weighted by Gasteiger charge is -2.36. The molecular weight excluding hydrogens is 244 g/mol. The normalized spacial score (nSPS) is 27.9. The van der Waals surface area contributed by atoms with E-state index < -0.39 is 6.03 Å². The maximum absolute atomic E-state index is 12.4. The minimum absolute atomic E-state index is 0.00315. The van der Waals surface area contributed by atoms with E-state index in [1.165, 1.54) is 0 Å². The van der Waals surface area contributed by atoms with Crippen molar-refractivity contribution in [1.29, 1.82) is 0 Å². The van der Waals surface area contributed by atoms with E-state index in [9.17, 15) is 9.59 Å². The van der Waals surface area contributed by atoms with Crippen LogP contribution in [0.25, 0.3) is 0 Å². The van der Waals surface area contributed by atoms with E-state index in [0.717, 1.165) is 51.7 Å². The van der Waals surface area contributed by atoms with Gasteiger partial charge in [-0.3, -0.25) is 4.79 Å². The average Bonchev–Trinajstić information content (AvgIpc) is 2.45. The summed E-state index contributed by atoms with van der Waals surface area (Å²) in [7, 11) is 0. The maximum atomic E-state index is 12.4. The SMILES string of the molecule is NC(=O)NCC1CCCN(C(=O)C2CCCCN2)C1. The first-order valence-electron chi connectivity index (χ1n) is 7.22. The average molecular weight is 268 g/mol. The number of likely N-dealkylation sites (tertiary alicyclic amines) is 1. The van der Waals surface area contributed by atoms with E-state index in [-0.39, 0.29) is 11.9 Å². The number of nitrogens with one attached hydrogen (secondary N) is 2. The predicted molar refractivity (Wildman–Crippen MR) is 72.5 cm³/mol. The Bertz CT molecular complexity index is 329. The van der Waals surface area contributed by atoms with Crippen LogP contribution in [0.1, 0.15) is 32.1 Å². The predicted octanol–water partition coefficient (Wildman–Crippen LogP) is 0.0354. The summed E-state index contributed by atoms with van der Waals surface area (Å²) >= 11 is 0. The first kappa shape index (κ1) is 14.1. The second kappa shape index (κ2) is 6.75. The third-order valence-electron chi connectivity index (χ3n) is 4.00. The molecule has 2 atom stereocenters. The van der Waals surface area contributed by atoms with Crippen molar-refractivity contribution in [3.8, 4) is 0 Å². The smallest absolute Gasteiger partial charge is 0.312 e. The molecule has 4 N–H and O–H groups in total. The van der Waals surface area contributed by atoms with Crippen molar-refractivity contribution in [2.75, 3.05) is 26.2 Å². The second-order valence-electron chi connectivity index (χ2n) is 5.54. The van der Waals surface area contributed by atoms with Gasteiger partial charge in [0.05, 0.1) is 6.04 Å². The molecule has 2 fully saturated rings. The Kier molecular flexibility index (Phi) is 5.01. The zero-order valence-electron chi connectivity index (χ0n) is 11.4. The van der Waals surface area contributed by atoms with E-state index in [1.54, 1.807) is 0 Å². The quantitative estimate of drug-likeness (QED) is 0.675. The summed E-state index contributed by atoms with van der Waals surface area (Å²) < 4.78 is 0. The number of nitrogens with two attached hydrogens (primary N) is 1. The number of primary amides is 1. The summed E-state index contributed by atoms with van der Waals surface area (Å²) in [6.45, 7) is 3.08. The molecule has 6 heteroatoms. The Balaban J connectivity index is 1.82. The number of rotatable bonds is 3. The minimum atomic E-state index is -0.489. The lowest BCUT2D eigenvalue weighted by Crippen LogP contribution is -2.52. The van der Waals surface area contributed by atoms with Gasteiger partial charge in [0.1, 0.15) is 0 Å².